The fourth-order valence-electron chi connectivity index (χ4n) is 1.66. The van der Waals surface area contributed by atoms with Crippen molar-refractivity contribution >= 4 is 39.4 Å². The molecule has 0 aromatic carbocycles. The second-order valence-electron chi connectivity index (χ2n) is 6.22. The molecule has 0 aliphatic rings. The number of Topliss-reactive ketones (excluding diaryl/α,β-unsaturated/α-hetero) is 2. The van der Waals surface area contributed by atoms with Gasteiger partial charge in [-0.2, -0.15) is 0 Å². The third-order valence-corrected chi connectivity index (χ3v) is 3.85. The molecule has 0 unspecified atom stereocenters. The highest BCUT2D eigenvalue weighted by Crippen LogP contribution is 1.92. The summed E-state index contributed by atoms with van der Waals surface area (Å²) >= 11 is -0.189. The van der Waals surface area contributed by atoms with Gasteiger partial charge in [0.05, 0.1) is 0 Å². The lowest BCUT2D eigenvalue weighted by atomic mass is 10.2. The van der Waals surface area contributed by atoms with E-state index in [0.29, 0.717) is 25.7 Å². The maximum Gasteiger partial charge on any atom is 1.70 e. The van der Waals surface area contributed by atoms with Gasteiger partial charge in [-0.3, -0.25) is 9.59 Å². The molecule has 0 spiro atoms. The number of ketones is 2. The van der Waals surface area contributed by atoms with Crippen LogP contribution in [0.1, 0.15) is 91.9 Å². The van der Waals surface area contributed by atoms with E-state index in [0.717, 1.165) is 26.1 Å². The van der Waals surface area contributed by atoms with E-state index in [9.17, 15) is 29.4 Å². The van der Waals surface area contributed by atoms with Gasteiger partial charge in [-0.1, -0.05) is 40.5 Å². The molecule has 0 fully saturated rings. The molecule has 0 atom stereocenters. The van der Waals surface area contributed by atoms with E-state index in [1.807, 2.05) is 13.8 Å². The zero-order valence-corrected chi connectivity index (χ0v) is 19.5. The number of hydrogen-bond donors (Lipinski definition) is 0. The molecule has 0 rings (SSSR count). The van der Waals surface area contributed by atoms with Crippen molar-refractivity contribution in [2.45, 2.75) is 91.9 Å². The Morgan fingerprint density at radius 2 is 1.00 bits per heavy atom. The Hall–Kier alpha value is -1.27. The molecule has 0 saturated heterocycles. The largest absolute Gasteiger partial charge is 1.70 e. The number of carboxylic acid groups (broad SMARTS) is 2. The van der Waals surface area contributed by atoms with Gasteiger partial charge < -0.3 is 19.8 Å². The molecule has 29 heavy (non-hydrogen) atoms. The van der Waals surface area contributed by atoms with Gasteiger partial charge >= 0.3 is 15.9 Å². The molecule has 167 valence electrons. The van der Waals surface area contributed by atoms with Gasteiger partial charge in [0.25, 0.3) is 0 Å². The lowest BCUT2D eigenvalue weighted by Crippen LogP contribution is -2.25. The van der Waals surface area contributed by atoms with Gasteiger partial charge in [0.15, 0.2) is 0 Å². The smallest absolute Gasteiger partial charge is 0.550 e. The Kier molecular flexibility index (Phi) is 29.9. The predicted molar refractivity (Wildman–Crippen MR) is 107 cm³/mol. The minimum absolute atomic E-state index is 0.189. The lowest BCUT2D eigenvalue weighted by molar-refractivity contribution is -0.306. The van der Waals surface area contributed by atoms with Crippen molar-refractivity contribution in [2.24, 2.45) is 0 Å². The minimum Gasteiger partial charge on any atom is -0.550 e. The fraction of sp³-hybridized carbons (Fsp3) is 0.800. The Morgan fingerprint density at radius 3 is 1.24 bits per heavy atom. The van der Waals surface area contributed by atoms with Crippen LogP contribution in [0.3, 0.4) is 0 Å². The lowest BCUT2D eigenvalue weighted by Gasteiger charge is -1.97. The summed E-state index contributed by atoms with van der Waals surface area (Å²) in [6.45, 7) is 9.73. The average molecular weight is 431 g/mol. The first kappa shape index (κ1) is 32.4. The first-order valence-corrected chi connectivity index (χ1v) is 11.2. The summed E-state index contributed by atoms with van der Waals surface area (Å²) < 4.78 is 10.6. The zero-order chi connectivity index (χ0) is 22.9. The summed E-state index contributed by atoms with van der Waals surface area (Å²) in [6.07, 6.45) is 5.93. The molecule has 9 heteroatoms. The van der Waals surface area contributed by atoms with Crippen LogP contribution < -0.4 is 10.2 Å². The first-order valence-electron chi connectivity index (χ1n) is 10.2. The average Bonchev–Trinajstić information content (AvgIpc) is 2.61. The van der Waals surface area contributed by atoms with Crippen LogP contribution in [-0.4, -0.2) is 52.6 Å². The predicted octanol–water partition coefficient (Wildman–Crippen LogP) is 1.15. The van der Waals surface area contributed by atoms with Crippen molar-refractivity contribution in [1.82, 2.24) is 0 Å². The number of carbonyl (C=O) groups excluding carboxylic acids is 4. The van der Waals surface area contributed by atoms with Crippen LogP contribution in [0.4, 0.5) is 0 Å². The highest BCUT2D eigenvalue weighted by molar-refractivity contribution is 6.17. The van der Waals surface area contributed by atoms with Gasteiger partial charge in [-0.15, -0.1) is 7.58 Å². The first-order chi connectivity index (χ1) is 13.7. The van der Waals surface area contributed by atoms with Crippen LogP contribution >= 0.6 is 0 Å². The van der Waals surface area contributed by atoms with Gasteiger partial charge in [-0.25, -0.2) is 0 Å². The number of rotatable bonds is 16. The number of carboxylic acids is 2. The fourth-order valence-corrected chi connectivity index (χ4v) is 2.28. The molecule has 0 aliphatic heterocycles. The van der Waals surface area contributed by atoms with Crippen molar-refractivity contribution in [3.63, 3.8) is 0 Å². The van der Waals surface area contributed by atoms with Crippen molar-refractivity contribution in [2.75, 3.05) is 13.2 Å². The van der Waals surface area contributed by atoms with Crippen LogP contribution in [0.25, 0.3) is 0 Å². The third-order valence-electron chi connectivity index (χ3n) is 3.11. The quantitative estimate of drug-likeness (QED) is 0.202. The third kappa shape index (κ3) is 38.0. The summed E-state index contributed by atoms with van der Waals surface area (Å²) in [5, 5.41) is 19.5. The monoisotopic (exact) mass is 431 g/mol. The number of hydrogen-bond acceptors (Lipinski definition) is 8. The molecule has 0 aliphatic carbocycles. The van der Waals surface area contributed by atoms with E-state index in [4.69, 9.17) is 7.58 Å². The summed E-state index contributed by atoms with van der Waals surface area (Å²) in [6, 6.07) is 0. The van der Waals surface area contributed by atoms with Crippen LogP contribution in [0.2, 0.25) is 0 Å². The summed E-state index contributed by atoms with van der Waals surface area (Å²) in [5.74, 6) is -3.07. The zero-order valence-electron chi connectivity index (χ0n) is 18.3. The van der Waals surface area contributed by atoms with Crippen molar-refractivity contribution in [1.29, 1.82) is 0 Å². The molecule has 0 saturated carbocycles. The van der Waals surface area contributed by atoms with Crippen LogP contribution in [-0.2, 0) is 26.8 Å². The number of aliphatic carboxylic acids is 2. The van der Waals surface area contributed by atoms with E-state index < -0.39 is 24.8 Å². The Labute approximate surface area is 181 Å². The number of carbonyl (C=O) groups is 4. The summed E-state index contributed by atoms with van der Waals surface area (Å²) in [5.41, 5.74) is 0. The van der Waals surface area contributed by atoms with Crippen molar-refractivity contribution in [3.8, 4) is 0 Å². The molecule has 0 amide bonds. The highest BCUT2D eigenvalue weighted by atomic mass is 27.2. The molecule has 0 bridgehead atoms. The van der Waals surface area contributed by atoms with Crippen LogP contribution in [0.5, 0.6) is 0 Å². The number of unbranched alkanes of at least 4 members (excludes halogenated alkanes) is 2. The molecule has 0 N–H and O–H groups in total. The highest BCUT2D eigenvalue weighted by Gasteiger charge is 2.60. The Bertz CT molecular complexity index is 389. The Morgan fingerprint density at radius 1 is 0.655 bits per heavy atom. The van der Waals surface area contributed by atoms with Crippen LogP contribution in [0, 0.1) is 0 Å². The van der Waals surface area contributed by atoms with Crippen LogP contribution in [0.15, 0.2) is 0 Å². The molecular weight excluding hydrogens is 395 g/mol. The molecule has 0 heterocycles. The van der Waals surface area contributed by atoms with Crippen molar-refractivity contribution in [3.05, 3.63) is 0 Å². The van der Waals surface area contributed by atoms with Gasteiger partial charge in [0.2, 0.25) is 0 Å². The second-order valence-corrected chi connectivity index (χ2v) is 7.08. The Balaban J connectivity index is -0.000000352. The molecule has 5 radical (unpaired) electrons. The maximum atomic E-state index is 10.4. The summed E-state index contributed by atoms with van der Waals surface area (Å²) in [4.78, 5) is 40.4. The second kappa shape index (κ2) is 26.7. The summed E-state index contributed by atoms with van der Waals surface area (Å²) in [7, 11) is 0. The SMILES string of the molecule is CCCC(=O)CC(=O)[O-].CCCC(=O)CC(=O)[O-].CCCC[O][Al+2][O]CCCC. The molecule has 8 nitrogen and oxygen atoms in total. The van der Waals surface area contributed by atoms with E-state index in [1.165, 1.54) is 12.8 Å². The molecule has 0 aromatic heterocycles. The van der Waals surface area contributed by atoms with E-state index in [-0.39, 0.29) is 27.5 Å². The van der Waals surface area contributed by atoms with Gasteiger partial charge in [-0.05, 0) is 25.7 Å². The molecule has 0 aromatic rings. The van der Waals surface area contributed by atoms with Crippen molar-refractivity contribution < 1.29 is 37.0 Å². The minimum atomic E-state index is -1.28. The molecular formula is C20H36AlO8. The maximum absolute atomic E-state index is 10.4. The normalized spacial score (nSPS) is 9.52. The van der Waals surface area contributed by atoms with Gasteiger partial charge in [0.1, 0.15) is 24.8 Å². The van der Waals surface area contributed by atoms with E-state index >= 15 is 0 Å². The van der Waals surface area contributed by atoms with E-state index in [1.54, 1.807) is 0 Å². The van der Waals surface area contributed by atoms with Gasteiger partial charge in [0, 0.05) is 37.6 Å². The standard InChI is InChI=1S/2C6H10O3.2C4H9O.Al/c2*1-2-3-5(7)4-6(8)9;2*1-2-3-4-5;/h2*2-4H2,1H3,(H,8,9);2*2-4H2,1H3;/q;;2*-1;+4/p-2. The van der Waals surface area contributed by atoms with E-state index in [2.05, 4.69) is 13.8 Å². The topological polar surface area (TPSA) is 133 Å².